The Morgan fingerprint density at radius 2 is 1.88 bits per heavy atom. The molecule has 0 aliphatic heterocycles. The Balaban J connectivity index is 2.42. The number of methoxy groups -OCH3 is 1. The molecule has 0 aliphatic carbocycles. The number of hydrogen-bond acceptors (Lipinski definition) is 2. The van der Waals surface area contributed by atoms with Gasteiger partial charge in [-0.15, -0.1) is 0 Å². The van der Waals surface area contributed by atoms with E-state index >= 15 is 0 Å². The van der Waals surface area contributed by atoms with Gasteiger partial charge in [-0.1, -0.05) is 24.3 Å². The standard InChI is InChI=1S/C14H17NO/c1-10(15)7-11-3-4-12-5-6-14(16-2)9-13(12)8-11/h3-6,8-10H,7,15H2,1-2H3. The molecule has 0 amide bonds. The summed E-state index contributed by atoms with van der Waals surface area (Å²) in [5, 5.41) is 2.44. The summed E-state index contributed by atoms with van der Waals surface area (Å²) in [5.41, 5.74) is 7.07. The fourth-order valence-corrected chi connectivity index (χ4v) is 1.90. The molecule has 16 heavy (non-hydrogen) atoms. The molecular weight excluding hydrogens is 198 g/mol. The summed E-state index contributed by atoms with van der Waals surface area (Å²) in [6.45, 7) is 2.02. The second-order valence-corrected chi connectivity index (χ2v) is 4.23. The summed E-state index contributed by atoms with van der Waals surface area (Å²) in [5.74, 6) is 0.894. The minimum atomic E-state index is 0.197. The average Bonchev–Trinajstić information content (AvgIpc) is 2.27. The Bertz CT molecular complexity index is 491. The van der Waals surface area contributed by atoms with Gasteiger partial charge in [0.2, 0.25) is 0 Å². The Hall–Kier alpha value is -1.54. The SMILES string of the molecule is COc1ccc2ccc(CC(C)N)cc2c1. The minimum Gasteiger partial charge on any atom is -0.497 e. The van der Waals surface area contributed by atoms with Crippen molar-refractivity contribution in [3.8, 4) is 5.75 Å². The van der Waals surface area contributed by atoms with Crippen LogP contribution in [-0.2, 0) is 6.42 Å². The first-order valence-electron chi connectivity index (χ1n) is 5.51. The zero-order valence-electron chi connectivity index (χ0n) is 9.73. The molecule has 0 fully saturated rings. The van der Waals surface area contributed by atoms with Crippen molar-refractivity contribution in [3.63, 3.8) is 0 Å². The summed E-state index contributed by atoms with van der Waals surface area (Å²) in [4.78, 5) is 0. The van der Waals surface area contributed by atoms with Crippen molar-refractivity contribution >= 4 is 10.8 Å². The molecule has 2 aromatic carbocycles. The van der Waals surface area contributed by atoms with Crippen molar-refractivity contribution in [3.05, 3.63) is 42.0 Å². The molecule has 1 unspecified atom stereocenters. The Morgan fingerprint density at radius 3 is 2.56 bits per heavy atom. The van der Waals surface area contributed by atoms with Gasteiger partial charge in [-0.05, 0) is 41.8 Å². The van der Waals surface area contributed by atoms with Gasteiger partial charge in [-0.25, -0.2) is 0 Å². The van der Waals surface area contributed by atoms with Crippen molar-refractivity contribution in [1.29, 1.82) is 0 Å². The van der Waals surface area contributed by atoms with Crippen LogP contribution in [0.15, 0.2) is 36.4 Å². The lowest BCUT2D eigenvalue weighted by Gasteiger charge is -2.07. The molecule has 2 nitrogen and oxygen atoms in total. The van der Waals surface area contributed by atoms with E-state index in [1.807, 2.05) is 13.0 Å². The van der Waals surface area contributed by atoms with Crippen LogP contribution in [0.25, 0.3) is 10.8 Å². The van der Waals surface area contributed by atoms with Gasteiger partial charge in [0.05, 0.1) is 7.11 Å². The van der Waals surface area contributed by atoms with E-state index in [1.54, 1.807) is 7.11 Å². The summed E-state index contributed by atoms with van der Waals surface area (Å²) in [7, 11) is 1.69. The zero-order valence-corrected chi connectivity index (χ0v) is 9.73. The highest BCUT2D eigenvalue weighted by atomic mass is 16.5. The number of ether oxygens (including phenoxy) is 1. The van der Waals surface area contributed by atoms with Crippen molar-refractivity contribution in [2.24, 2.45) is 5.73 Å². The summed E-state index contributed by atoms with van der Waals surface area (Å²) < 4.78 is 5.22. The van der Waals surface area contributed by atoms with E-state index in [9.17, 15) is 0 Å². The molecule has 0 radical (unpaired) electrons. The second kappa shape index (κ2) is 4.54. The van der Waals surface area contributed by atoms with Gasteiger partial charge in [0.1, 0.15) is 5.75 Å². The maximum atomic E-state index is 5.80. The van der Waals surface area contributed by atoms with E-state index < -0.39 is 0 Å². The van der Waals surface area contributed by atoms with Gasteiger partial charge in [-0.3, -0.25) is 0 Å². The fourth-order valence-electron chi connectivity index (χ4n) is 1.90. The van der Waals surface area contributed by atoms with Crippen molar-refractivity contribution in [1.82, 2.24) is 0 Å². The highest BCUT2D eigenvalue weighted by Crippen LogP contribution is 2.22. The molecule has 0 heterocycles. The van der Waals surface area contributed by atoms with Crippen LogP contribution < -0.4 is 10.5 Å². The first-order valence-corrected chi connectivity index (χ1v) is 5.51. The molecule has 0 aromatic heterocycles. The molecule has 2 aromatic rings. The number of hydrogen-bond donors (Lipinski definition) is 1. The monoisotopic (exact) mass is 215 g/mol. The highest BCUT2D eigenvalue weighted by Gasteiger charge is 2.01. The van der Waals surface area contributed by atoms with Gasteiger partial charge < -0.3 is 10.5 Å². The van der Waals surface area contributed by atoms with E-state index in [1.165, 1.54) is 16.3 Å². The molecule has 2 rings (SSSR count). The topological polar surface area (TPSA) is 35.2 Å². The fraction of sp³-hybridized carbons (Fsp3) is 0.286. The maximum Gasteiger partial charge on any atom is 0.119 e. The summed E-state index contributed by atoms with van der Waals surface area (Å²) in [6.07, 6.45) is 0.910. The molecule has 0 spiro atoms. The van der Waals surface area contributed by atoms with Crippen molar-refractivity contribution in [2.75, 3.05) is 7.11 Å². The van der Waals surface area contributed by atoms with E-state index in [0.717, 1.165) is 12.2 Å². The Labute approximate surface area is 96.0 Å². The van der Waals surface area contributed by atoms with Crippen LogP contribution in [0.3, 0.4) is 0 Å². The molecule has 2 N–H and O–H groups in total. The largest absolute Gasteiger partial charge is 0.497 e. The normalized spacial score (nSPS) is 12.7. The van der Waals surface area contributed by atoms with Crippen LogP contribution in [0.1, 0.15) is 12.5 Å². The van der Waals surface area contributed by atoms with Crippen LogP contribution >= 0.6 is 0 Å². The predicted molar refractivity (Wildman–Crippen MR) is 67.9 cm³/mol. The number of fused-ring (bicyclic) bond motifs is 1. The highest BCUT2D eigenvalue weighted by molar-refractivity contribution is 5.84. The van der Waals surface area contributed by atoms with Gasteiger partial charge in [0.15, 0.2) is 0 Å². The van der Waals surface area contributed by atoms with Crippen LogP contribution in [0.5, 0.6) is 5.75 Å². The third-order valence-electron chi connectivity index (χ3n) is 2.67. The lowest BCUT2D eigenvalue weighted by Crippen LogP contribution is -2.17. The molecule has 0 aliphatic rings. The quantitative estimate of drug-likeness (QED) is 0.854. The van der Waals surface area contributed by atoms with E-state index in [4.69, 9.17) is 10.5 Å². The lowest BCUT2D eigenvalue weighted by molar-refractivity contribution is 0.415. The van der Waals surface area contributed by atoms with Gasteiger partial charge >= 0.3 is 0 Å². The van der Waals surface area contributed by atoms with Crippen molar-refractivity contribution in [2.45, 2.75) is 19.4 Å². The molecular formula is C14H17NO. The number of benzene rings is 2. The average molecular weight is 215 g/mol. The van der Waals surface area contributed by atoms with Crippen LogP contribution in [-0.4, -0.2) is 13.2 Å². The second-order valence-electron chi connectivity index (χ2n) is 4.23. The van der Waals surface area contributed by atoms with Gasteiger partial charge in [0.25, 0.3) is 0 Å². The molecule has 1 atom stereocenters. The Morgan fingerprint density at radius 1 is 1.12 bits per heavy atom. The number of rotatable bonds is 3. The first kappa shape index (κ1) is 11.0. The summed E-state index contributed by atoms with van der Waals surface area (Å²) in [6, 6.07) is 12.8. The molecule has 2 heteroatoms. The number of nitrogens with two attached hydrogens (primary N) is 1. The van der Waals surface area contributed by atoms with E-state index in [-0.39, 0.29) is 6.04 Å². The molecule has 0 saturated carbocycles. The first-order chi connectivity index (χ1) is 7.69. The maximum absolute atomic E-state index is 5.80. The van der Waals surface area contributed by atoms with E-state index in [2.05, 4.69) is 30.3 Å². The van der Waals surface area contributed by atoms with Gasteiger partial charge in [-0.2, -0.15) is 0 Å². The van der Waals surface area contributed by atoms with Gasteiger partial charge in [0, 0.05) is 6.04 Å². The van der Waals surface area contributed by atoms with Crippen molar-refractivity contribution < 1.29 is 4.74 Å². The van der Waals surface area contributed by atoms with E-state index in [0.29, 0.717) is 0 Å². The molecule has 0 saturated heterocycles. The molecule has 0 bridgehead atoms. The lowest BCUT2D eigenvalue weighted by atomic mass is 10.0. The smallest absolute Gasteiger partial charge is 0.119 e. The Kier molecular flexibility index (Phi) is 3.11. The third-order valence-corrected chi connectivity index (χ3v) is 2.67. The van der Waals surface area contributed by atoms with Crippen LogP contribution in [0.4, 0.5) is 0 Å². The predicted octanol–water partition coefficient (Wildman–Crippen LogP) is 2.74. The third kappa shape index (κ3) is 2.34. The zero-order chi connectivity index (χ0) is 11.5. The van der Waals surface area contributed by atoms with Crippen LogP contribution in [0.2, 0.25) is 0 Å². The minimum absolute atomic E-state index is 0.197. The summed E-state index contributed by atoms with van der Waals surface area (Å²) >= 11 is 0. The van der Waals surface area contributed by atoms with Crippen LogP contribution in [0, 0.1) is 0 Å². The molecule has 84 valence electrons.